The van der Waals surface area contributed by atoms with E-state index in [-0.39, 0.29) is 24.3 Å². The first-order valence-corrected chi connectivity index (χ1v) is 15.7. The fourth-order valence-electron chi connectivity index (χ4n) is 6.09. The van der Waals surface area contributed by atoms with Gasteiger partial charge < -0.3 is 20.7 Å². The number of anilines is 2. The van der Waals surface area contributed by atoms with Crippen molar-refractivity contribution in [2.24, 2.45) is 0 Å². The Hall–Kier alpha value is -4.93. The maximum atomic E-state index is 13.3. The number of rotatable bonds is 8. The van der Waals surface area contributed by atoms with E-state index in [0.29, 0.717) is 48.9 Å². The molecule has 3 N–H and O–H groups in total. The van der Waals surface area contributed by atoms with Crippen molar-refractivity contribution in [2.75, 3.05) is 36.9 Å². The zero-order chi connectivity index (χ0) is 32.2. The van der Waals surface area contributed by atoms with E-state index in [4.69, 9.17) is 4.74 Å². The molecule has 46 heavy (non-hydrogen) atoms. The minimum atomic E-state index is -0.289. The van der Waals surface area contributed by atoms with Crippen LogP contribution in [0.2, 0.25) is 0 Å². The molecule has 2 aromatic carbocycles. The third kappa shape index (κ3) is 6.68. The molecule has 10 nitrogen and oxygen atoms in total. The summed E-state index contributed by atoms with van der Waals surface area (Å²) in [5.41, 5.74) is 9.83. The van der Waals surface area contributed by atoms with E-state index in [0.717, 1.165) is 64.3 Å². The molecule has 0 atom stereocenters. The van der Waals surface area contributed by atoms with Crippen LogP contribution in [-0.2, 0) is 35.5 Å². The number of nitrogens with one attached hydrogen (secondary N) is 3. The number of ether oxygens (including phenoxy) is 1. The number of aromatic nitrogens is 2. The molecule has 0 bridgehead atoms. The Balaban J connectivity index is 1.16. The van der Waals surface area contributed by atoms with E-state index in [1.54, 1.807) is 19.1 Å². The SMILES string of the molecule is CCOC(=O)CN1CCc2nc(C(=O)Nc3cccc(-c4cccc(NC(=O)c5ccc6c(n5)CCNC6)c4C)c3C)ccc2C1. The Labute approximate surface area is 268 Å². The van der Waals surface area contributed by atoms with Gasteiger partial charge in [0, 0.05) is 61.8 Å². The molecule has 4 heterocycles. The number of hydrogen-bond acceptors (Lipinski definition) is 8. The van der Waals surface area contributed by atoms with Gasteiger partial charge in [0.05, 0.1) is 13.2 Å². The van der Waals surface area contributed by atoms with Crippen molar-refractivity contribution >= 4 is 29.2 Å². The number of hydrogen-bond donors (Lipinski definition) is 3. The van der Waals surface area contributed by atoms with E-state index in [2.05, 4.69) is 25.9 Å². The van der Waals surface area contributed by atoms with Gasteiger partial charge in [-0.3, -0.25) is 19.3 Å². The van der Waals surface area contributed by atoms with E-state index in [1.165, 1.54) is 0 Å². The van der Waals surface area contributed by atoms with Crippen molar-refractivity contribution < 1.29 is 19.1 Å². The molecule has 0 aliphatic carbocycles. The summed E-state index contributed by atoms with van der Waals surface area (Å²) in [6, 6.07) is 19.0. The molecular formula is C36H38N6O4. The summed E-state index contributed by atoms with van der Waals surface area (Å²) in [5.74, 6) is -0.772. The van der Waals surface area contributed by atoms with Gasteiger partial charge >= 0.3 is 5.97 Å². The highest BCUT2D eigenvalue weighted by Crippen LogP contribution is 2.34. The van der Waals surface area contributed by atoms with Gasteiger partial charge in [-0.25, -0.2) is 9.97 Å². The molecule has 2 aliphatic heterocycles. The number of carbonyl (C=O) groups excluding carboxylic acids is 3. The molecule has 0 unspecified atom stereocenters. The number of pyridine rings is 2. The highest BCUT2D eigenvalue weighted by Gasteiger charge is 2.22. The van der Waals surface area contributed by atoms with Gasteiger partial charge in [0.15, 0.2) is 0 Å². The zero-order valence-corrected chi connectivity index (χ0v) is 26.4. The first-order valence-electron chi connectivity index (χ1n) is 15.7. The van der Waals surface area contributed by atoms with Gasteiger partial charge in [-0.2, -0.15) is 0 Å². The van der Waals surface area contributed by atoms with Crippen LogP contribution in [0.5, 0.6) is 0 Å². The van der Waals surface area contributed by atoms with Crippen LogP contribution in [0.4, 0.5) is 11.4 Å². The Bertz CT molecular complexity index is 1820. The predicted molar refractivity (Wildman–Crippen MR) is 177 cm³/mol. The molecular weight excluding hydrogens is 580 g/mol. The molecule has 2 aromatic heterocycles. The largest absolute Gasteiger partial charge is 0.465 e. The molecule has 6 rings (SSSR count). The maximum absolute atomic E-state index is 13.3. The normalized spacial score (nSPS) is 14.2. The zero-order valence-electron chi connectivity index (χ0n) is 26.4. The highest BCUT2D eigenvalue weighted by atomic mass is 16.5. The lowest BCUT2D eigenvalue weighted by molar-refractivity contribution is -0.144. The van der Waals surface area contributed by atoms with Gasteiger partial charge in [0.1, 0.15) is 11.4 Å². The molecule has 10 heteroatoms. The first kappa shape index (κ1) is 31.1. The van der Waals surface area contributed by atoms with E-state index >= 15 is 0 Å². The number of fused-ring (bicyclic) bond motifs is 2. The topological polar surface area (TPSA) is 126 Å². The Morgan fingerprint density at radius 1 is 0.804 bits per heavy atom. The smallest absolute Gasteiger partial charge is 0.320 e. The summed E-state index contributed by atoms with van der Waals surface area (Å²) < 4.78 is 5.08. The van der Waals surface area contributed by atoms with Crippen molar-refractivity contribution in [3.8, 4) is 11.1 Å². The van der Waals surface area contributed by atoms with E-state index < -0.39 is 0 Å². The third-order valence-electron chi connectivity index (χ3n) is 8.63. The number of nitrogens with zero attached hydrogens (tertiary/aromatic N) is 3. The quantitative estimate of drug-likeness (QED) is 0.240. The average Bonchev–Trinajstić information content (AvgIpc) is 3.06. The molecule has 2 aliphatic rings. The Morgan fingerprint density at radius 3 is 2.00 bits per heavy atom. The van der Waals surface area contributed by atoms with Crippen molar-refractivity contribution in [1.82, 2.24) is 20.2 Å². The molecule has 0 saturated carbocycles. The molecule has 0 spiro atoms. The summed E-state index contributed by atoms with van der Waals surface area (Å²) in [5, 5.41) is 9.43. The second-order valence-electron chi connectivity index (χ2n) is 11.7. The first-order chi connectivity index (χ1) is 22.3. The lowest BCUT2D eigenvalue weighted by atomic mass is 9.94. The lowest BCUT2D eigenvalue weighted by Gasteiger charge is -2.27. The maximum Gasteiger partial charge on any atom is 0.320 e. The lowest BCUT2D eigenvalue weighted by Crippen LogP contribution is -2.36. The van der Waals surface area contributed by atoms with Crippen molar-refractivity contribution in [3.05, 3.63) is 106 Å². The van der Waals surface area contributed by atoms with E-state index in [1.807, 2.05) is 67.3 Å². The average molecular weight is 619 g/mol. The van der Waals surface area contributed by atoms with Crippen LogP contribution in [0, 0.1) is 13.8 Å². The van der Waals surface area contributed by atoms with Gasteiger partial charge in [-0.15, -0.1) is 0 Å². The van der Waals surface area contributed by atoms with Crippen LogP contribution in [0.15, 0.2) is 60.7 Å². The molecule has 4 aromatic rings. The molecule has 0 radical (unpaired) electrons. The van der Waals surface area contributed by atoms with Crippen LogP contribution >= 0.6 is 0 Å². The summed E-state index contributed by atoms with van der Waals surface area (Å²) in [6.07, 6.45) is 1.45. The van der Waals surface area contributed by atoms with Crippen molar-refractivity contribution in [1.29, 1.82) is 0 Å². The minimum Gasteiger partial charge on any atom is -0.465 e. The Morgan fingerprint density at radius 2 is 1.39 bits per heavy atom. The second-order valence-corrected chi connectivity index (χ2v) is 11.7. The van der Waals surface area contributed by atoms with Crippen LogP contribution in [0.3, 0.4) is 0 Å². The van der Waals surface area contributed by atoms with Crippen LogP contribution in [0.1, 0.15) is 61.5 Å². The van der Waals surface area contributed by atoms with Gasteiger partial charge in [0.25, 0.3) is 11.8 Å². The molecule has 236 valence electrons. The van der Waals surface area contributed by atoms with Gasteiger partial charge in [-0.1, -0.05) is 36.4 Å². The van der Waals surface area contributed by atoms with Crippen LogP contribution < -0.4 is 16.0 Å². The monoisotopic (exact) mass is 618 g/mol. The van der Waals surface area contributed by atoms with Crippen LogP contribution in [-0.4, -0.2) is 58.9 Å². The Kier molecular flexibility index (Phi) is 9.18. The summed E-state index contributed by atoms with van der Waals surface area (Å²) in [4.78, 5) is 49.8. The van der Waals surface area contributed by atoms with Gasteiger partial charge in [-0.05, 0) is 78.4 Å². The van der Waals surface area contributed by atoms with Crippen molar-refractivity contribution in [3.63, 3.8) is 0 Å². The number of amides is 2. The second kappa shape index (κ2) is 13.6. The van der Waals surface area contributed by atoms with Crippen molar-refractivity contribution in [2.45, 2.75) is 46.7 Å². The van der Waals surface area contributed by atoms with E-state index in [9.17, 15) is 14.4 Å². The number of esters is 1. The molecule has 0 saturated heterocycles. The highest BCUT2D eigenvalue weighted by molar-refractivity contribution is 6.05. The summed E-state index contributed by atoms with van der Waals surface area (Å²) in [7, 11) is 0. The standard InChI is InChI=1S/C36H38N6O4/c1-4-46-34(43)21-42-18-16-31-25(20-42)12-14-33(39-31)36(45)41-29-10-6-8-27(23(29)3)26-7-5-9-28(22(26)2)40-35(44)32-13-11-24-19-37-17-15-30(24)38-32/h5-14,37H,4,15-21H2,1-3H3,(H,40,44)(H,41,45). The molecule has 0 fully saturated rings. The minimum absolute atomic E-state index is 0.236. The number of benzene rings is 2. The summed E-state index contributed by atoms with van der Waals surface area (Å²) in [6.45, 7) is 9.24. The van der Waals surface area contributed by atoms with Crippen LogP contribution in [0.25, 0.3) is 11.1 Å². The fraction of sp³-hybridized carbons (Fsp3) is 0.306. The molecule has 2 amide bonds. The fourth-order valence-corrected chi connectivity index (χ4v) is 6.09. The third-order valence-corrected chi connectivity index (χ3v) is 8.63. The number of carbonyl (C=O) groups is 3. The predicted octanol–water partition coefficient (Wildman–Crippen LogP) is 4.83. The summed E-state index contributed by atoms with van der Waals surface area (Å²) >= 11 is 0. The van der Waals surface area contributed by atoms with Gasteiger partial charge in [0.2, 0.25) is 0 Å².